The molecule has 0 radical (unpaired) electrons. The van der Waals surface area contributed by atoms with Crippen molar-refractivity contribution in [3.8, 4) is 11.5 Å². The van der Waals surface area contributed by atoms with Gasteiger partial charge in [0.15, 0.2) is 11.5 Å². The van der Waals surface area contributed by atoms with Crippen LogP contribution in [0.25, 0.3) is 0 Å². The maximum absolute atomic E-state index is 13.5. The van der Waals surface area contributed by atoms with E-state index in [2.05, 4.69) is 23.7 Å². The molecule has 3 rings (SSSR count). The average Bonchev–Trinajstić information content (AvgIpc) is 3.36. The number of aliphatic imine (C=N–C) groups is 1. The topological polar surface area (TPSA) is 118 Å². The van der Waals surface area contributed by atoms with Gasteiger partial charge in [-0.2, -0.15) is 0 Å². The number of hydrogen-bond acceptors (Lipinski definition) is 9. The van der Waals surface area contributed by atoms with Crippen LogP contribution in [0.2, 0.25) is 0 Å². The Balaban J connectivity index is 2.19. The van der Waals surface area contributed by atoms with Crippen molar-refractivity contribution in [1.82, 2.24) is 9.80 Å². The van der Waals surface area contributed by atoms with E-state index in [1.165, 1.54) is 26.2 Å². The first-order valence-electron chi connectivity index (χ1n) is 12.8. The average molecular weight is 528 g/mol. The smallest absolute Gasteiger partial charge is 0.356 e. The van der Waals surface area contributed by atoms with E-state index < -0.39 is 29.7 Å². The van der Waals surface area contributed by atoms with E-state index in [0.29, 0.717) is 41.2 Å². The van der Waals surface area contributed by atoms with Gasteiger partial charge < -0.3 is 29.1 Å². The summed E-state index contributed by atoms with van der Waals surface area (Å²) >= 11 is 0. The third kappa shape index (κ3) is 5.18. The lowest BCUT2D eigenvalue weighted by Gasteiger charge is -2.28. The molecule has 10 heteroatoms. The molecule has 0 aliphatic carbocycles. The molecule has 1 amide bonds. The van der Waals surface area contributed by atoms with Crippen molar-refractivity contribution in [2.24, 2.45) is 4.99 Å². The van der Waals surface area contributed by atoms with E-state index in [1.54, 1.807) is 32.0 Å². The standard InChI is InChI=1S/C28H37N3O7/c1-8-30(9-2)14-11-15-31-23(18-12-10-13-19(36-5)26(18)37-6)21(25(33)27(31)34)24(32)20-16(3)22(28(35)38-7)29-17(20)4/h10,12-13,17,23,32H,8-9,11,14-15H2,1-7H3/b24-21+/t17-,23-/m1/s1. The first-order chi connectivity index (χ1) is 18.2. The molecule has 1 N–H and O–H groups in total. The zero-order chi connectivity index (χ0) is 28.1. The van der Waals surface area contributed by atoms with Crippen molar-refractivity contribution in [3.05, 3.63) is 46.2 Å². The Bertz CT molecular complexity index is 1200. The number of benzene rings is 1. The summed E-state index contributed by atoms with van der Waals surface area (Å²) < 4.78 is 15.9. The predicted molar refractivity (Wildman–Crippen MR) is 143 cm³/mol. The van der Waals surface area contributed by atoms with Crippen LogP contribution in [0.4, 0.5) is 0 Å². The molecular formula is C28H37N3O7. The molecule has 1 aromatic carbocycles. The Morgan fingerprint density at radius 2 is 1.82 bits per heavy atom. The largest absolute Gasteiger partial charge is 0.507 e. The molecule has 38 heavy (non-hydrogen) atoms. The quantitative estimate of drug-likeness (QED) is 0.202. The molecule has 2 aliphatic rings. The zero-order valence-corrected chi connectivity index (χ0v) is 23.2. The van der Waals surface area contributed by atoms with Crippen LogP contribution in [-0.2, 0) is 19.1 Å². The molecule has 1 fully saturated rings. The first-order valence-corrected chi connectivity index (χ1v) is 12.8. The van der Waals surface area contributed by atoms with E-state index in [1.807, 2.05) is 0 Å². The van der Waals surface area contributed by atoms with E-state index in [-0.39, 0.29) is 17.0 Å². The fraction of sp³-hybridized carbons (Fsp3) is 0.500. The highest BCUT2D eigenvalue weighted by atomic mass is 16.5. The van der Waals surface area contributed by atoms with Gasteiger partial charge in [0.05, 0.1) is 39.0 Å². The first kappa shape index (κ1) is 28.9. The van der Waals surface area contributed by atoms with Crippen LogP contribution >= 0.6 is 0 Å². The molecule has 1 saturated heterocycles. The van der Waals surface area contributed by atoms with Crippen LogP contribution in [0.1, 0.15) is 45.7 Å². The van der Waals surface area contributed by atoms with Crippen LogP contribution in [0.15, 0.2) is 45.7 Å². The molecule has 0 bridgehead atoms. The van der Waals surface area contributed by atoms with Crippen LogP contribution in [-0.4, -0.2) is 91.8 Å². The maximum atomic E-state index is 13.5. The number of carbonyl (C=O) groups excluding carboxylic acids is 3. The van der Waals surface area contributed by atoms with Gasteiger partial charge in [-0.05, 0) is 51.5 Å². The molecule has 0 saturated carbocycles. The number of aliphatic hydroxyl groups is 1. The molecule has 2 atom stereocenters. The fourth-order valence-corrected chi connectivity index (χ4v) is 5.18. The van der Waals surface area contributed by atoms with E-state index >= 15 is 0 Å². The van der Waals surface area contributed by atoms with Gasteiger partial charge in [-0.3, -0.25) is 14.6 Å². The number of ether oxygens (including phenoxy) is 3. The summed E-state index contributed by atoms with van der Waals surface area (Å²) in [5.74, 6) is -1.73. The SMILES string of the molecule is CCN(CC)CCCN1C(=O)C(=O)/C(=C(/O)C2=C(C)C(C(=O)OC)=N[C@@H]2C)[C@H]1c1cccc(OC)c1OC. The Morgan fingerprint density at radius 1 is 1.13 bits per heavy atom. The molecule has 1 aromatic rings. The number of carbonyl (C=O) groups is 3. The predicted octanol–water partition coefficient (Wildman–Crippen LogP) is 3.03. The molecule has 0 aromatic heterocycles. The van der Waals surface area contributed by atoms with Gasteiger partial charge >= 0.3 is 5.97 Å². The number of methoxy groups -OCH3 is 3. The number of rotatable bonds is 11. The maximum Gasteiger partial charge on any atom is 0.356 e. The number of aliphatic hydroxyl groups excluding tert-OH is 1. The normalized spacial score (nSPS) is 20.8. The van der Waals surface area contributed by atoms with Crippen molar-refractivity contribution in [2.45, 2.75) is 46.2 Å². The summed E-state index contributed by atoms with van der Waals surface area (Å²) in [6.07, 6.45) is 0.630. The van der Waals surface area contributed by atoms with Crippen molar-refractivity contribution in [3.63, 3.8) is 0 Å². The summed E-state index contributed by atoms with van der Waals surface area (Å²) in [6.45, 7) is 10.3. The van der Waals surface area contributed by atoms with Crippen molar-refractivity contribution in [1.29, 1.82) is 0 Å². The van der Waals surface area contributed by atoms with Crippen LogP contribution in [0.3, 0.4) is 0 Å². The van der Waals surface area contributed by atoms with Crippen LogP contribution < -0.4 is 9.47 Å². The molecule has 0 spiro atoms. The lowest BCUT2D eigenvalue weighted by Crippen LogP contribution is -2.33. The Kier molecular flexibility index (Phi) is 9.32. The summed E-state index contributed by atoms with van der Waals surface area (Å²) in [5.41, 5.74) is 1.20. The van der Waals surface area contributed by atoms with E-state index in [0.717, 1.165) is 19.6 Å². The van der Waals surface area contributed by atoms with Crippen molar-refractivity contribution >= 4 is 23.4 Å². The minimum atomic E-state index is -0.925. The summed E-state index contributed by atoms with van der Waals surface area (Å²) in [4.78, 5) is 47.2. The zero-order valence-electron chi connectivity index (χ0n) is 23.2. The van der Waals surface area contributed by atoms with Gasteiger partial charge in [-0.15, -0.1) is 0 Å². The second-order valence-corrected chi connectivity index (χ2v) is 9.14. The monoisotopic (exact) mass is 527 g/mol. The number of para-hydroxylation sites is 1. The summed E-state index contributed by atoms with van der Waals surface area (Å²) in [7, 11) is 4.23. The Morgan fingerprint density at radius 3 is 2.39 bits per heavy atom. The number of esters is 1. The number of Topliss-reactive ketones (excluding diaryl/α,β-unsaturated/α-hetero) is 1. The molecule has 2 heterocycles. The highest BCUT2D eigenvalue weighted by Gasteiger charge is 2.48. The molecule has 2 aliphatic heterocycles. The fourth-order valence-electron chi connectivity index (χ4n) is 5.18. The lowest BCUT2D eigenvalue weighted by molar-refractivity contribution is -0.140. The Hall–Kier alpha value is -3.66. The van der Waals surface area contributed by atoms with Gasteiger partial charge in [0, 0.05) is 17.7 Å². The number of likely N-dealkylation sites (tertiary alicyclic amines) is 1. The second kappa shape index (κ2) is 12.3. The lowest BCUT2D eigenvalue weighted by atomic mass is 9.91. The molecule has 206 valence electrons. The second-order valence-electron chi connectivity index (χ2n) is 9.14. The van der Waals surface area contributed by atoms with E-state index in [9.17, 15) is 19.5 Å². The highest BCUT2D eigenvalue weighted by Crippen LogP contribution is 2.46. The summed E-state index contributed by atoms with van der Waals surface area (Å²) in [5, 5.41) is 11.6. The third-order valence-corrected chi connectivity index (χ3v) is 7.17. The number of ketones is 1. The highest BCUT2D eigenvalue weighted by molar-refractivity contribution is 6.46. The Labute approximate surface area is 223 Å². The number of nitrogens with zero attached hydrogens (tertiary/aromatic N) is 3. The number of amides is 1. The van der Waals surface area contributed by atoms with Gasteiger partial charge in [-0.1, -0.05) is 26.0 Å². The summed E-state index contributed by atoms with van der Waals surface area (Å²) in [6, 6.07) is 3.67. The van der Waals surface area contributed by atoms with Crippen molar-refractivity contribution < 1.29 is 33.7 Å². The minimum absolute atomic E-state index is 0.0745. The van der Waals surface area contributed by atoms with Gasteiger partial charge in [0.2, 0.25) is 0 Å². The van der Waals surface area contributed by atoms with Gasteiger partial charge in [0.25, 0.3) is 11.7 Å². The number of hydrogen-bond donors (Lipinski definition) is 1. The van der Waals surface area contributed by atoms with Crippen molar-refractivity contribution in [2.75, 3.05) is 47.5 Å². The molecule has 0 unspecified atom stereocenters. The van der Waals surface area contributed by atoms with Crippen LogP contribution in [0.5, 0.6) is 11.5 Å². The third-order valence-electron chi connectivity index (χ3n) is 7.17. The molecule has 10 nitrogen and oxygen atoms in total. The minimum Gasteiger partial charge on any atom is -0.507 e. The van der Waals surface area contributed by atoms with Gasteiger partial charge in [0.1, 0.15) is 11.5 Å². The van der Waals surface area contributed by atoms with Crippen LogP contribution in [0, 0.1) is 0 Å². The molecular weight excluding hydrogens is 490 g/mol. The van der Waals surface area contributed by atoms with E-state index in [4.69, 9.17) is 14.2 Å². The van der Waals surface area contributed by atoms with Gasteiger partial charge in [-0.25, -0.2) is 4.79 Å².